The maximum Gasteiger partial charge on any atom is 0.328 e. The molecule has 0 heterocycles. The second-order valence-corrected chi connectivity index (χ2v) is 9.26. The highest BCUT2D eigenvalue weighted by Gasteiger charge is 2.27. The van der Waals surface area contributed by atoms with Gasteiger partial charge in [-0.3, -0.25) is 4.79 Å². The Hall–Kier alpha value is -1.62. The van der Waals surface area contributed by atoms with Crippen LogP contribution in [-0.2, 0) is 9.53 Å². The van der Waals surface area contributed by atoms with Crippen LogP contribution in [0.5, 0.6) is 0 Å². The van der Waals surface area contributed by atoms with Crippen LogP contribution in [0.3, 0.4) is 0 Å². The van der Waals surface area contributed by atoms with Crippen LogP contribution in [-0.4, -0.2) is 24.5 Å². The van der Waals surface area contributed by atoms with Crippen LogP contribution in [0.2, 0.25) is 5.02 Å². The molecule has 0 bridgehead atoms. The Morgan fingerprint density at radius 1 is 0.938 bits per heavy atom. The summed E-state index contributed by atoms with van der Waals surface area (Å²) in [7, 11) is 0. The largest absolute Gasteiger partial charge is 0.464 e. The number of carbonyl (C=O) groups is 2. The number of unbranched alkanes of at least 4 members (excludes halogenated alkanes) is 11. The molecule has 1 N–H and O–H groups in total. The number of hydrogen-bond donors (Lipinski definition) is 1. The number of benzene rings is 1. The van der Waals surface area contributed by atoms with E-state index < -0.39 is 23.7 Å². The molecule has 6 heteroatoms. The monoisotopic (exact) mass is 469 g/mol. The van der Waals surface area contributed by atoms with Crippen LogP contribution >= 0.6 is 11.6 Å². The molecule has 1 unspecified atom stereocenters. The minimum atomic E-state index is -0.835. The second-order valence-electron chi connectivity index (χ2n) is 8.85. The van der Waals surface area contributed by atoms with Gasteiger partial charge in [-0.2, -0.15) is 0 Å². The van der Waals surface area contributed by atoms with Gasteiger partial charge in [-0.25, -0.2) is 9.18 Å². The van der Waals surface area contributed by atoms with Crippen molar-refractivity contribution in [3.05, 3.63) is 34.6 Å². The molecule has 32 heavy (non-hydrogen) atoms. The van der Waals surface area contributed by atoms with Gasteiger partial charge in [0.25, 0.3) is 5.91 Å². The van der Waals surface area contributed by atoms with Crippen LogP contribution in [0.1, 0.15) is 108 Å². The maximum absolute atomic E-state index is 14.1. The van der Waals surface area contributed by atoms with Crippen LogP contribution in [0, 0.1) is 11.7 Å². The molecule has 1 atom stereocenters. The summed E-state index contributed by atoms with van der Waals surface area (Å²) in [6, 6.07) is 3.37. The average molecular weight is 470 g/mol. The Kier molecular flexibility index (Phi) is 15.0. The number of nitrogens with one attached hydrogen (secondary N) is 1. The lowest BCUT2D eigenvalue weighted by atomic mass is 10.0. The summed E-state index contributed by atoms with van der Waals surface area (Å²) < 4.78 is 19.5. The van der Waals surface area contributed by atoms with Gasteiger partial charge in [0.1, 0.15) is 6.04 Å². The summed E-state index contributed by atoms with van der Waals surface area (Å²) in [4.78, 5) is 24.9. The van der Waals surface area contributed by atoms with Crippen molar-refractivity contribution in [3.8, 4) is 0 Å². The predicted octanol–water partition coefficient (Wildman–Crippen LogP) is 7.48. The van der Waals surface area contributed by atoms with Crippen molar-refractivity contribution in [2.45, 2.75) is 104 Å². The molecule has 0 fully saturated rings. The van der Waals surface area contributed by atoms with E-state index in [1.54, 1.807) is 0 Å². The molecule has 0 saturated carbocycles. The fourth-order valence-electron chi connectivity index (χ4n) is 3.60. The fraction of sp³-hybridized carbons (Fsp3) is 0.692. The van der Waals surface area contributed by atoms with Gasteiger partial charge in [0.2, 0.25) is 0 Å². The lowest BCUT2D eigenvalue weighted by Crippen LogP contribution is -2.45. The number of hydrogen-bond acceptors (Lipinski definition) is 3. The number of halogens is 2. The third-order valence-electron chi connectivity index (χ3n) is 5.65. The average Bonchev–Trinajstić information content (AvgIpc) is 2.76. The van der Waals surface area contributed by atoms with E-state index in [0.717, 1.165) is 19.3 Å². The molecule has 0 aliphatic carbocycles. The predicted molar refractivity (Wildman–Crippen MR) is 130 cm³/mol. The van der Waals surface area contributed by atoms with E-state index in [4.69, 9.17) is 16.3 Å². The summed E-state index contributed by atoms with van der Waals surface area (Å²) in [5, 5.41) is 2.45. The zero-order chi connectivity index (χ0) is 23.8. The topological polar surface area (TPSA) is 55.4 Å². The standard InChI is InChI=1S/C26H41ClFNO3/c1-4-5-6-7-8-9-10-11-12-13-14-15-19-32-26(31)24(20(2)3)29-25(30)21-17-16-18-22(27)23(21)28/h16-18,20,24H,4-15,19H2,1-3H3,(H,29,30). The molecule has 1 aromatic carbocycles. The van der Waals surface area contributed by atoms with Crippen molar-refractivity contribution in [1.82, 2.24) is 5.32 Å². The lowest BCUT2D eigenvalue weighted by molar-refractivity contribution is -0.147. The van der Waals surface area contributed by atoms with E-state index in [1.165, 1.54) is 76.0 Å². The summed E-state index contributed by atoms with van der Waals surface area (Å²) in [6.45, 7) is 6.20. The van der Waals surface area contributed by atoms with Crippen molar-refractivity contribution < 1.29 is 18.7 Å². The fourth-order valence-corrected chi connectivity index (χ4v) is 3.78. The van der Waals surface area contributed by atoms with E-state index in [-0.39, 0.29) is 16.5 Å². The molecular formula is C26H41ClFNO3. The van der Waals surface area contributed by atoms with Crippen molar-refractivity contribution in [2.24, 2.45) is 5.92 Å². The minimum absolute atomic E-state index is 0.131. The third kappa shape index (κ3) is 11.3. The van der Waals surface area contributed by atoms with Gasteiger partial charge in [0, 0.05) is 0 Å². The van der Waals surface area contributed by atoms with Crippen molar-refractivity contribution >= 4 is 23.5 Å². The Balaban J connectivity index is 2.22. The number of carbonyl (C=O) groups excluding carboxylic acids is 2. The van der Waals surface area contributed by atoms with Crippen molar-refractivity contribution in [1.29, 1.82) is 0 Å². The van der Waals surface area contributed by atoms with Gasteiger partial charge in [0.15, 0.2) is 5.82 Å². The number of esters is 1. The molecule has 0 aliphatic heterocycles. The van der Waals surface area contributed by atoms with Crippen LogP contribution < -0.4 is 5.32 Å². The highest BCUT2D eigenvalue weighted by Crippen LogP contribution is 2.18. The Morgan fingerprint density at radius 3 is 2.00 bits per heavy atom. The first-order valence-corrected chi connectivity index (χ1v) is 12.7. The SMILES string of the molecule is CCCCCCCCCCCCCCOC(=O)C(NC(=O)c1cccc(Cl)c1F)C(C)C. The number of ether oxygens (including phenoxy) is 1. The Bertz CT molecular complexity index is 681. The Morgan fingerprint density at radius 2 is 1.47 bits per heavy atom. The molecule has 182 valence electrons. The first-order valence-electron chi connectivity index (χ1n) is 12.3. The van der Waals surface area contributed by atoms with Crippen LogP contribution in [0.4, 0.5) is 4.39 Å². The zero-order valence-corrected chi connectivity index (χ0v) is 20.8. The quantitative estimate of drug-likeness (QED) is 0.190. The van der Waals surface area contributed by atoms with Gasteiger partial charge in [-0.05, 0) is 24.5 Å². The first kappa shape index (κ1) is 28.4. The number of amides is 1. The Labute approximate surface area is 198 Å². The molecule has 1 amide bonds. The molecule has 1 rings (SSSR count). The van der Waals surface area contributed by atoms with Gasteiger partial charge < -0.3 is 10.1 Å². The van der Waals surface area contributed by atoms with Crippen LogP contribution in [0.15, 0.2) is 18.2 Å². The molecule has 0 saturated heterocycles. The summed E-state index contributed by atoms with van der Waals surface area (Å²) in [5.41, 5.74) is -0.183. The van der Waals surface area contributed by atoms with Gasteiger partial charge in [-0.15, -0.1) is 0 Å². The van der Waals surface area contributed by atoms with E-state index >= 15 is 0 Å². The minimum Gasteiger partial charge on any atom is -0.464 e. The van der Waals surface area contributed by atoms with Gasteiger partial charge in [-0.1, -0.05) is 109 Å². The maximum atomic E-state index is 14.1. The highest BCUT2D eigenvalue weighted by molar-refractivity contribution is 6.31. The normalized spacial score (nSPS) is 12.1. The highest BCUT2D eigenvalue weighted by atomic mass is 35.5. The van der Waals surface area contributed by atoms with E-state index in [1.807, 2.05) is 13.8 Å². The summed E-state index contributed by atoms with van der Waals surface area (Å²) in [5.74, 6) is -2.14. The molecule has 0 spiro atoms. The summed E-state index contributed by atoms with van der Waals surface area (Å²) >= 11 is 5.74. The molecule has 0 aliphatic rings. The van der Waals surface area contributed by atoms with Crippen LogP contribution in [0.25, 0.3) is 0 Å². The molecule has 4 nitrogen and oxygen atoms in total. The number of rotatable bonds is 17. The van der Waals surface area contributed by atoms with E-state index in [0.29, 0.717) is 6.61 Å². The molecule has 0 radical (unpaired) electrons. The lowest BCUT2D eigenvalue weighted by Gasteiger charge is -2.21. The van der Waals surface area contributed by atoms with E-state index in [2.05, 4.69) is 12.2 Å². The smallest absolute Gasteiger partial charge is 0.328 e. The summed E-state index contributed by atoms with van der Waals surface area (Å²) in [6.07, 6.45) is 14.9. The van der Waals surface area contributed by atoms with Gasteiger partial charge >= 0.3 is 5.97 Å². The molecule has 1 aromatic rings. The third-order valence-corrected chi connectivity index (χ3v) is 5.94. The second kappa shape index (κ2) is 16.9. The first-order chi connectivity index (χ1) is 15.4. The molecule has 0 aromatic heterocycles. The van der Waals surface area contributed by atoms with Gasteiger partial charge in [0.05, 0.1) is 17.2 Å². The molecular weight excluding hydrogens is 429 g/mol. The van der Waals surface area contributed by atoms with Crippen molar-refractivity contribution in [2.75, 3.05) is 6.61 Å². The zero-order valence-electron chi connectivity index (χ0n) is 20.1. The van der Waals surface area contributed by atoms with E-state index in [9.17, 15) is 14.0 Å². The van der Waals surface area contributed by atoms with Crippen molar-refractivity contribution in [3.63, 3.8) is 0 Å².